The SMILES string of the molecule is COC(=O)CC1CCCCN1S(=O)(=O)c1cc(C)c(Cl)s1. The summed E-state index contributed by atoms with van der Waals surface area (Å²) in [6.45, 7) is 2.21. The van der Waals surface area contributed by atoms with Gasteiger partial charge in [0, 0.05) is 12.6 Å². The fourth-order valence-electron chi connectivity index (χ4n) is 2.44. The molecule has 0 N–H and O–H groups in total. The number of esters is 1. The Balaban J connectivity index is 2.29. The number of methoxy groups -OCH3 is 1. The number of hydrogen-bond donors (Lipinski definition) is 0. The molecule has 0 saturated carbocycles. The molecule has 118 valence electrons. The van der Waals surface area contributed by atoms with Gasteiger partial charge in [0.25, 0.3) is 10.0 Å². The first-order chi connectivity index (χ1) is 9.86. The minimum atomic E-state index is -3.61. The van der Waals surface area contributed by atoms with Crippen LogP contribution in [0.1, 0.15) is 31.2 Å². The highest BCUT2D eigenvalue weighted by molar-refractivity contribution is 7.91. The lowest BCUT2D eigenvalue weighted by Crippen LogP contribution is -2.44. The highest BCUT2D eigenvalue weighted by atomic mass is 35.5. The van der Waals surface area contributed by atoms with Gasteiger partial charge in [-0.05, 0) is 31.4 Å². The zero-order valence-electron chi connectivity index (χ0n) is 12.0. The summed E-state index contributed by atoms with van der Waals surface area (Å²) in [5.74, 6) is -0.387. The van der Waals surface area contributed by atoms with Gasteiger partial charge in [-0.15, -0.1) is 11.3 Å². The van der Waals surface area contributed by atoms with Crippen molar-refractivity contribution in [3.8, 4) is 0 Å². The molecule has 1 aromatic rings. The van der Waals surface area contributed by atoms with E-state index < -0.39 is 10.0 Å². The molecule has 0 radical (unpaired) electrons. The van der Waals surface area contributed by atoms with Crippen molar-refractivity contribution in [2.75, 3.05) is 13.7 Å². The van der Waals surface area contributed by atoms with Crippen molar-refractivity contribution in [2.24, 2.45) is 0 Å². The zero-order valence-corrected chi connectivity index (χ0v) is 14.4. The lowest BCUT2D eigenvalue weighted by Gasteiger charge is -2.33. The van der Waals surface area contributed by atoms with Crippen LogP contribution in [0.2, 0.25) is 4.34 Å². The van der Waals surface area contributed by atoms with Gasteiger partial charge in [0.15, 0.2) is 0 Å². The summed E-state index contributed by atoms with van der Waals surface area (Å²) in [7, 11) is -2.30. The van der Waals surface area contributed by atoms with Gasteiger partial charge in [0.1, 0.15) is 4.21 Å². The molecule has 0 amide bonds. The summed E-state index contributed by atoms with van der Waals surface area (Å²) >= 11 is 7.04. The number of thiophene rings is 1. The number of hydrogen-bond acceptors (Lipinski definition) is 5. The summed E-state index contributed by atoms with van der Waals surface area (Å²) in [6, 6.07) is 1.25. The molecule has 1 atom stereocenters. The molecule has 8 heteroatoms. The van der Waals surface area contributed by atoms with Crippen LogP contribution in [0.25, 0.3) is 0 Å². The molecule has 0 aliphatic carbocycles. The van der Waals surface area contributed by atoms with Crippen LogP contribution in [0.3, 0.4) is 0 Å². The molecule has 1 fully saturated rings. The Labute approximate surface area is 133 Å². The molecule has 1 aliphatic rings. The second-order valence-electron chi connectivity index (χ2n) is 5.07. The quantitative estimate of drug-likeness (QED) is 0.782. The van der Waals surface area contributed by atoms with E-state index in [2.05, 4.69) is 4.74 Å². The Hall–Kier alpha value is -0.630. The number of carbonyl (C=O) groups is 1. The second kappa shape index (κ2) is 6.64. The third-order valence-electron chi connectivity index (χ3n) is 3.60. The van der Waals surface area contributed by atoms with E-state index in [-0.39, 0.29) is 22.6 Å². The van der Waals surface area contributed by atoms with Gasteiger partial charge in [0.2, 0.25) is 0 Å². The molecule has 0 aromatic carbocycles. The monoisotopic (exact) mass is 351 g/mol. The summed E-state index contributed by atoms with van der Waals surface area (Å²) in [5, 5.41) is 0. The van der Waals surface area contributed by atoms with Gasteiger partial charge in [0.05, 0.1) is 17.9 Å². The largest absolute Gasteiger partial charge is 0.469 e. The Kier molecular flexibility index (Phi) is 5.29. The van der Waals surface area contributed by atoms with Gasteiger partial charge < -0.3 is 4.74 Å². The molecular formula is C13H18ClNO4S2. The normalized spacial score (nSPS) is 20.4. The third kappa shape index (κ3) is 3.59. The highest BCUT2D eigenvalue weighted by Gasteiger charge is 2.36. The minimum Gasteiger partial charge on any atom is -0.469 e. The summed E-state index contributed by atoms with van der Waals surface area (Å²) in [5.41, 5.74) is 0.752. The number of piperidine rings is 1. The minimum absolute atomic E-state index is 0.0911. The average Bonchev–Trinajstić information content (AvgIpc) is 2.80. The van der Waals surface area contributed by atoms with E-state index in [9.17, 15) is 13.2 Å². The van der Waals surface area contributed by atoms with E-state index in [1.54, 1.807) is 13.0 Å². The number of sulfonamides is 1. The molecule has 2 heterocycles. The predicted molar refractivity (Wildman–Crippen MR) is 82.2 cm³/mol. The molecule has 1 unspecified atom stereocenters. The van der Waals surface area contributed by atoms with E-state index in [0.29, 0.717) is 17.3 Å². The predicted octanol–water partition coefficient (Wildman–Crippen LogP) is 2.82. The van der Waals surface area contributed by atoms with Crippen molar-refractivity contribution in [3.05, 3.63) is 16.0 Å². The number of carbonyl (C=O) groups excluding carboxylic acids is 1. The zero-order chi connectivity index (χ0) is 15.6. The van der Waals surface area contributed by atoms with Gasteiger partial charge in [-0.2, -0.15) is 4.31 Å². The van der Waals surface area contributed by atoms with E-state index in [0.717, 1.165) is 29.7 Å². The Bertz CT molecular complexity index is 607. The highest BCUT2D eigenvalue weighted by Crippen LogP contribution is 2.34. The maximum atomic E-state index is 12.8. The van der Waals surface area contributed by atoms with Gasteiger partial charge in [-0.25, -0.2) is 8.42 Å². The number of ether oxygens (including phenoxy) is 1. The molecule has 0 spiro atoms. The first kappa shape index (κ1) is 16.7. The van der Waals surface area contributed by atoms with Crippen LogP contribution < -0.4 is 0 Å². The molecule has 5 nitrogen and oxygen atoms in total. The number of rotatable bonds is 4. The van der Waals surface area contributed by atoms with Crippen LogP contribution in [-0.2, 0) is 19.6 Å². The van der Waals surface area contributed by atoms with Crippen molar-refractivity contribution in [1.29, 1.82) is 0 Å². The molecule has 0 bridgehead atoms. The number of halogens is 1. The van der Waals surface area contributed by atoms with E-state index in [1.165, 1.54) is 11.4 Å². The van der Waals surface area contributed by atoms with Crippen molar-refractivity contribution >= 4 is 38.9 Å². The molecule has 1 aromatic heterocycles. The van der Waals surface area contributed by atoms with Crippen LogP contribution in [0.15, 0.2) is 10.3 Å². The molecular weight excluding hydrogens is 334 g/mol. The standard InChI is InChI=1S/C13H18ClNO4S2/c1-9-7-12(20-13(9)14)21(17,18)15-6-4-3-5-10(15)8-11(16)19-2/h7,10H,3-6,8H2,1-2H3. The Morgan fingerprint density at radius 1 is 1.52 bits per heavy atom. The van der Waals surface area contributed by atoms with Crippen molar-refractivity contribution in [1.82, 2.24) is 4.31 Å². The van der Waals surface area contributed by atoms with Crippen LogP contribution >= 0.6 is 22.9 Å². The smallest absolute Gasteiger partial charge is 0.307 e. The number of aryl methyl sites for hydroxylation is 1. The maximum Gasteiger partial charge on any atom is 0.307 e. The second-order valence-corrected chi connectivity index (χ2v) is 8.84. The lowest BCUT2D eigenvalue weighted by molar-refractivity contribution is -0.141. The van der Waals surface area contributed by atoms with Gasteiger partial charge in [-0.1, -0.05) is 18.0 Å². The fourth-order valence-corrected chi connectivity index (χ4v) is 5.98. The molecule has 2 rings (SSSR count). The molecule has 1 aliphatic heterocycles. The van der Waals surface area contributed by atoms with Crippen molar-refractivity contribution in [3.63, 3.8) is 0 Å². The number of nitrogens with zero attached hydrogens (tertiary/aromatic N) is 1. The first-order valence-corrected chi connectivity index (χ1v) is 9.34. The van der Waals surface area contributed by atoms with Crippen molar-refractivity contribution in [2.45, 2.75) is 42.9 Å². The summed E-state index contributed by atoms with van der Waals surface area (Å²) < 4.78 is 32.3. The van der Waals surface area contributed by atoms with E-state index >= 15 is 0 Å². The first-order valence-electron chi connectivity index (χ1n) is 6.71. The molecule has 1 saturated heterocycles. The van der Waals surface area contributed by atoms with Crippen LogP contribution in [0, 0.1) is 6.92 Å². The van der Waals surface area contributed by atoms with Crippen molar-refractivity contribution < 1.29 is 17.9 Å². The van der Waals surface area contributed by atoms with Crippen LogP contribution in [0.5, 0.6) is 0 Å². The third-order valence-corrected chi connectivity index (χ3v) is 7.56. The van der Waals surface area contributed by atoms with Crippen LogP contribution in [0.4, 0.5) is 0 Å². The van der Waals surface area contributed by atoms with Gasteiger partial charge in [-0.3, -0.25) is 4.79 Å². The maximum absolute atomic E-state index is 12.8. The lowest BCUT2D eigenvalue weighted by atomic mass is 10.0. The summed E-state index contributed by atoms with van der Waals surface area (Å²) in [6.07, 6.45) is 2.48. The van der Waals surface area contributed by atoms with Crippen LogP contribution in [-0.4, -0.2) is 38.4 Å². The van der Waals surface area contributed by atoms with E-state index in [1.807, 2.05) is 0 Å². The Morgan fingerprint density at radius 3 is 2.81 bits per heavy atom. The average molecular weight is 352 g/mol. The fraction of sp³-hybridized carbons (Fsp3) is 0.615. The van der Waals surface area contributed by atoms with Gasteiger partial charge >= 0.3 is 5.97 Å². The molecule has 21 heavy (non-hydrogen) atoms. The Morgan fingerprint density at radius 2 is 2.24 bits per heavy atom. The summed E-state index contributed by atoms with van der Waals surface area (Å²) in [4.78, 5) is 11.5. The topological polar surface area (TPSA) is 63.7 Å². The van der Waals surface area contributed by atoms with E-state index in [4.69, 9.17) is 11.6 Å².